The largest absolute Gasteiger partial charge is 0.378 e. The van der Waals surface area contributed by atoms with Gasteiger partial charge in [0.05, 0.1) is 13.2 Å². The molecule has 1 fully saturated rings. The molecule has 1 aromatic rings. The molecule has 1 unspecified atom stereocenters. The minimum Gasteiger partial charge on any atom is -0.378 e. The monoisotopic (exact) mass is 312 g/mol. The van der Waals surface area contributed by atoms with Crippen LogP contribution in [0.5, 0.6) is 0 Å². The fraction of sp³-hybridized carbons (Fsp3) is 0.562. The zero-order chi connectivity index (χ0) is 14.4. The fourth-order valence-corrected chi connectivity index (χ4v) is 2.39. The van der Waals surface area contributed by atoms with Crippen molar-refractivity contribution in [3.8, 4) is 0 Å². The van der Waals surface area contributed by atoms with Crippen LogP contribution in [0.1, 0.15) is 19.4 Å². The van der Waals surface area contributed by atoms with Gasteiger partial charge in [-0.25, -0.2) is 0 Å². The van der Waals surface area contributed by atoms with Crippen molar-refractivity contribution in [3.63, 3.8) is 0 Å². The number of ether oxygens (including phenoxy) is 1. The van der Waals surface area contributed by atoms with Gasteiger partial charge in [0.2, 0.25) is 5.91 Å². The first-order valence-electron chi connectivity index (χ1n) is 7.20. The molecule has 1 heterocycles. The molecule has 1 atom stereocenters. The lowest BCUT2D eigenvalue weighted by Gasteiger charge is -2.28. The van der Waals surface area contributed by atoms with Gasteiger partial charge in [-0.05, 0) is 17.4 Å². The number of halogens is 1. The maximum Gasteiger partial charge on any atom is 0.239 e. The minimum atomic E-state index is -0.212. The summed E-state index contributed by atoms with van der Waals surface area (Å²) < 4.78 is 5.31. The maximum atomic E-state index is 12.0. The number of hydrogen-bond donors (Lipinski definition) is 2. The summed E-state index contributed by atoms with van der Waals surface area (Å²) in [6, 6.07) is 10.2. The number of morpholine rings is 1. The Bertz CT molecular complexity index is 431. The van der Waals surface area contributed by atoms with Gasteiger partial charge in [0.25, 0.3) is 0 Å². The zero-order valence-corrected chi connectivity index (χ0v) is 13.5. The summed E-state index contributed by atoms with van der Waals surface area (Å²) in [6.07, 6.45) is 0.947. The standard InChI is InChI=1S/C16H24N2O2.ClH/c1-16(2,10-13-6-4-3-5-7-13)12-18-15(19)14-11-20-9-8-17-14;/h3-7,14,17H,8-12H2,1-2H3,(H,18,19);1H. The third-order valence-electron chi connectivity index (χ3n) is 3.50. The highest BCUT2D eigenvalue weighted by Gasteiger charge is 2.24. The van der Waals surface area contributed by atoms with Crippen LogP contribution in [-0.2, 0) is 16.0 Å². The first-order chi connectivity index (χ1) is 9.57. The Morgan fingerprint density at radius 3 is 2.71 bits per heavy atom. The van der Waals surface area contributed by atoms with Gasteiger partial charge in [0, 0.05) is 13.1 Å². The quantitative estimate of drug-likeness (QED) is 0.871. The zero-order valence-electron chi connectivity index (χ0n) is 12.7. The summed E-state index contributed by atoms with van der Waals surface area (Å²) >= 11 is 0. The van der Waals surface area contributed by atoms with E-state index in [4.69, 9.17) is 4.74 Å². The molecule has 0 bridgehead atoms. The van der Waals surface area contributed by atoms with E-state index >= 15 is 0 Å². The summed E-state index contributed by atoms with van der Waals surface area (Å²) in [4.78, 5) is 12.0. The van der Waals surface area contributed by atoms with Gasteiger partial charge in [-0.2, -0.15) is 0 Å². The second-order valence-corrected chi connectivity index (χ2v) is 6.13. The molecule has 0 aliphatic carbocycles. The van der Waals surface area contributed by atoms with Crippen molar-refractivity contribution >= 4 is 18.3 Å². The number of nitrogens with one attached hydrogen (secondary N) is 2. The molecule has 118 valence electrons. The van der Waals surface area contributed by atoms with Crippen LogP contribution < -0.4 is 10.6 Å². The number of benzene rings is 1. The highest BCUT2D eigenvalue weighted by atomic mass is 35.5. The third kappa shape index (κ3) is 6.04. The van der Waals surface area contributed by atoms with Crippen LogP contribution in [0.2, 0.25) is 0 Å². The van der Waals surface area contributed by atoms with E-state index in [1.54, 1.807) is 0 Å². The SMILES string of the molecule is CC(C)(CNC(=O)C1COCCN1)Cc1ccccc1.Cl. The van der Waals surface area contributed by atoms with Crippen LogP contribution in [0.25, 0.3) is 0 Å². The van der Waals surface area contributed by atoms with Crippen molar-refractivity contribution in [2.75, 3.05) is 26.3 Å². The first kappa shape index (κ1) is 18.0. The third-order valence-corrected chi connectivity index (χ3v) is 3.50. The van der Waals surface area contributed by atoms with Crippen molar-refractivity contribution in [2.24, 2.45) is 5.41 Å². The molecule has 21 heavy (non-hydrogen) atoms. The molecule has 4 nitrogen and oxygen atoms in total. The van der Waals surface area contributed by atoms with Crippen molar-refractivity contribution in [2.45, 2.75) is 26.3 Å². The Labute approximate surface area is 133 Å². The van der Waals surface area contributed by atoms with Crippen LogP contribution in [0.4, 0.5) is 0 Å². The predicted molar refractivity (Wildman–Crippen MR) is 86.8 cm³/mol. The smallest absolute Gasteiger partial charge is 0.239 e. The number of carbonyl (C=O) groups is 1. The van der Waals surface area contributed by atoms with E-state index < -0.39 is 0 Å². The Hall–Kier alpha value is -1.10. The molecule has 1 aromatic carbocycles. The highest BCUT2D eigenvalue weighted by molar-refractivity contribution is 5.85. The summed E-state index contributed by atoms with van der Waals surface area (Å²) in [5.41, 5.74) is 1.33. The van der Waals surface area contributed by atoms with Crippen molar-refractivity contribution < 1.29 is 9.53 Å². The minimum absolute atomic E-state index is 0. The fourth-order valence-electron chi connectivity index (χ4n) is 2.39. The van der Waals surface area contributed by atoms with E-state index in [0.717, 1.165) is 13.0 Å². The lowest BCUT2D eigenvalue weighted by Crippen LogP contribution is -2.52. The van der Waals surface area contributed by atoms with Crippen molar-refractivity contribution in [3.05, 3.63) is 35.9 Å². The normalized spacial score (nSPS) is 18.7. The van der Waals surface area contributed by atoms with Crippen molar-refractivity contribution in [1.82, 2.24) is 10.6 Å². The summed E-state index contributed by atoms with van der Waals surface area (Å²) in [7, 11) is 0. The van der Waals surface area contributed by atoms with Gasteiger partial charge in [-0.3, -0.25) is 4.79 Å². The molecule has 0 spiro atoms. The highest BCUT2D eigenvalue weighted by Crippen LogP contribution is 2.20. The molecular weight excluding hydrogens is 288 g/mol. The molecule has 0 saturated carbocycles. The van der Waals surface area contributed by atoms with Crippen LogP contribution in [0.15, 0.2) is 30.3 Å². The average molecular weight is 313 g/mol. The lowest BCUT2D eigenvalue weighted by molar-refractivity contribution is -0.126. The maximum absolute atomic E-state index is 12.0. The van der Waals surface area contributed by atoms with Gasteiger partial charge in [0.1, 0.15) is 6.04 Å². The van der Waals surface area contributed by atoms with Gasteiger partial charge < -0.3 is 15.4 Å². The average Bonchev–Trinajstić information content (AvgIpc) is 2.46. The second-order valence-electron chi connectivity index (χ2n) is 6.13. The molecule has 1 saturated heterocycles. The predicted octanol–water partition coefficient (Wildman–Crippen LogP) is 1.78. The van der Waals surface area contributed by atoms with Crippen LogP contribution in [-0.4, -0.2) is 38.3 Å². The number of rotatable bonds is 5. The second kappa shape index (κ2) is 8.37. The van der Waals surface area contributed by atoms with E-state index in [0.29, 0.717) is 19.8 Å². The van der Waals surface area contributed by atoms with E-state index in [-0.39, 0.29) is 29.8 Å². The molecule has 1 aliphatic rings. The summed E-state index contributed by atoms with van der Waals surface area (Å²) in [6.45, 7) is 6.90. The van der Waals surface area contributed by atoms with E-state index in [1.165, 1.54) is 5.56 Å². The van der Waals surface area contributed by atoms with Crippen LogP contribution in [0, 0.1) is 5.41 Å². The summed E-state index contributed by atoms with van der Waals surface area (Å²) in [5, 5.41) is 6.20. The molecular formula is C16H25ClN2O2. The van der Waals surface area contributed by atoms with Crippen LogP contribution in [0.3, 0.4) is 0 Å². The van der Waals surface area contributed by atoms with E-state index in [1.807, 2.05) is 18.2 Å². The number of carbonyl (C=O) groups excluding carboxylic acids is 1. The van der Waals surface area contributed by atoms with E-state index in [9.17, 15) is 4.79 Å². The van der Waals surface area contributed by atoms with Gasteiger partial charge in [-0.1, -0.05) is 44.2 Å². The first-order valence-corrected chi connectivity index (χ1v) is 7.20. The molecule has 0 radical (unpaired) electrons. The molecule has 5 heteroatoms. The Morgan fingerprint density at radius 1 is 1.38 bits per heavy atom. The molecule has 2 N–H and O–H groups in total. The molecule has 0 aromatic heterocycles. The molecule has 1 amide bonds. The Morgan fingerprint density at radius 2 is 2.10 bits per heavy atom. The molecule has 2 rings (SSSR count). The lowest BCUT2D eigenvalue weighted by atomic mass is 9.85. The molecule has 1 aliphatic heterocycles. The van der Waals surface area contributed by atoms with Crippen LogP contribution >= 0.6 is 12.4 Å². The number of hydrogen-bond acceptors (Lipinski definition) is 3. The topological polar surface area (TPSA) is 50.4 Å². The number of amides is 1. The summed E-state index contributed by atoms with van der Waals surface area (Å²) in [5.74, 6) is 0.0332. The van der Waals surface area contributed by atoms with Gasteiger partial charge in [0.15, 0.2) is 0 Å². The van der Waals surface area contributed by atoms with E-state index in [2.05, 4.69) is 36.6 Å². The van der Waals surface area contributed by atoms with Crippen molar-refractivity contribution in [1.29, 1.82) is 0 Å². The Balaban J connectivity index is 0.00000220. The Kier molecular flexibility index (Phi) is 7.15. The van der Waals surface area contributed by atoms with Gasteiger partial charge in [-0.15, -0.1) is 12.4 Å². The van der Waals surface area contributed by atoms with Gasteiger partial charge >= 0.3 is 0 Å².